The van der Waals surface area contributed by atoms with Crippen molar-refractivity contribution in [2.45, 2.75) is 26.2 Å². The van der Waals surface area contributed by atoms with Crippen LogP contribution >= 0.6 is 0 Å². The van der Waals surface area contributed by atoms with Crippen LogP contribution in [0.3, 0.4) is 0 Å². The van der Waals surface area contributed by atoms with Gasteiger partial charge in [-0.3, -0.25) is 4.79 Å². The SMILES string of the molecule is CC(=O)c1ccccc1CC1CC1. The fourth-order valence-electron chi connectivity index (χ4n) is 1.67. The third kappa shape index (κ3) is 1.97. The van der Waals surface area contributed by atoms with Gasteiger partial charge in [0.25, 0.3) is 0 Å². The average Bonchev–Trinajstić information content (AvgIpc) is 2.89. The fraction of sp³-hybridized carbons (Fsp3) is 0.417. The summed E-state index contributed by atoms with van der Waals surface area (Å²) < 4.78 is 0. The Balaban J connectivity index is 2.25. The van der Waals surface area contributed by atoms with E-state index in [-0.39, 0.29) is 5.78 Å². The van der Waals surface area contributed by atoms with E-state index < -0.39 is 0 Å². The Labute approximate surface area is 78.8 Å². The standard InChI is InChI=1S/C12H14O/c1-9(13)12-5-3-2-4-11(12)8-10-6-7-10/h2-5,10H,6-8H2,1H3. The monoisotopic (exact) mass is 174 g/mol. The molecule has 0 unspecified atom stereocenters. The lowest BCUT2D eigenvalue weighted by Crippen LogP contribution is -1.99. The molecular weight excluding hydrogens is 160 g/mol. The zero-order valence-corrected chi connectivity index (χ0v) is 7.92. The lowest BCUT2D eigenvalue weighted by atomic mass is 10.00. The number of carbonyl (C=O) groups excluding carboxylic acids is 1. The number of rotatable bonds is 3. The van der Waals surface area contributed by atoms with Crippen LogP contribution in [0.25, 0.3) is 0 Å². The number of benzene rings is 1. The van der Waals surface area contributed by atoms with Gasteiger partial charge in [-0.05, 0) is 37.7 Å². The predicted octanol–water partition coefficient (Wildman–Crippen LogP) is 2.84. The molecule has 1 aliphatic carbocycles. The second kappa shape index (κ2) is 3.33. The van der Waals surface area contributed by atoms with Crippen molar-refractivity contribution in [3.63, 3.8) is 0 Å². The van der Waals surface area contributed by atoms with Gasteiger partial charge in [-0.2, -0.15) is 0 Å². The van der Waals surface area contributed by atoms with Crippen LogP contribution in [0.2, 0.25) is 0 Å². The van der Waals surface area contributed by atoms with Gasteiger partial charge in [0.1, 0.15) is 0 Å². The van der Waals surface area contributed by atoms with Gasteiger partial charge in [-0.15, -0.1) is 0 Å². The van der Waals surface area contributed by atoms with Gasteiger partial charge < -0.3 is 0 Å². The van der Waals surface area contributed by atoms with Crippen molar-refractivity contribution < 1.29 is 4.79 Å². The summed E-state index contributed by atoms with van der Waals surface area (Å²) in [5.74, 6) is 1.04. The number of carbonyl (C=O) groups is 1. The summed E-state index contributed by atoms with van der Waals surface area (Å²) in [4.78, 5) is 11.3. The molecule has 1 aromatic rings. The maximum atomic E-state index is 11.3. The summed E-state index contributed by atoms with van der Waals surface area (Å²) >= 11 is 0. The Hall–Kier alpha value is -1.11. The highest BCUT2D eigenvalue weighted by Crippen LogP contribution is 2.33. The van der Waals surface area contributed by atoms with E-state index in [0.29, 0.717) is 0 Å². The van der Waals surface area contributed by atoms with Gasteiger partial charge in [0, 0.05) is 5.56 Å². The molecule has 68 valence electrons. The highest BCUT2D eigenvalue weighted by molar-refractivity contribution is 5.95. The smallest absolute Gasteiger partial charge is 0.160 e. The van der Waals surface area contributed by atoms with Crippen LogP contribution in [0.1, 0.15) is 35.7 Å². The molecule has 1 nitrogen and oxygen atoms in total. The molecule has 0 bridgehead atoms. The minimum Gasteiger partial charge on any atom is -0.295 e. The van der Waals surface area contributed by atoms with Gasteiger partial charge in [-0.25, -0.2) is 0 Å². The summed E-state index contributed by atoms with van der Waals surface area (Å²) in [5.41, 5.74) is 2.15. The van der Waals surface area contributed by atoms with Gasteiger partial charge in [0.05, 0.1) is 0 Å². The molecule has 0 aliphatic heterocycles. The number of Topliss-reactive ketones (excluding diaryl/α,β-unsaturated/α-hetero) is 1. The number of ketones is 1. The molecule has 1 aliphatic rings. The van der Waals surface area contributed by atoms with Crippen LogP contribution in [-0.2, 0) is 6.42 Å². The van der Waals surface area contributed by atoms with E-state index in [1.54, 1.807) is 6.92 Å². The van der Waals surface area contributed by atoms with Crippen molar-refractivity contribution >= 4 is 5.78 Å². The largest absolute Gasteiger partial charge is 0.295 e. The van der Waals surface area contributed by atoms with Crippen molar-refractivity contribution in [1.82, 2.24) is 0 Å². The Morgan fingerprint density at radius 3 is 2.69 bits per heavy atom. The summed E-state index contributed by atoms with van der Waals surface area (Å²) in [6, 6.07) is 7.96. The molecule has 2 rings (SSSR count). The molecule has 0 atom stereocenters. The maximum Gasteiger partial charge on any atom is 0.160 e. The van der Waals surface area contributed by atoms with E-state index in [4.69, 9.17) is 0 Å². The van der Waals surface area contributed by atoms with Crippen molar-refractivity contribution in [3.05, 3.63) is 35.4 Å². The van der Waals surface area contributed by atoms with Crippen molar-refractivity contribution in [1.29, 1.82) is 0 Å². The first-order valence-electron chi connectivity index (χ1n) is 4.86. The topological polar surface area (TPSA) is 17.1 Å². The first-order valence-corrected chi connectivity index (χ1v) is 4.86. The van der Waals surface area contributed by atoms with Crippen molar-refractivity contribution in [3.8, 4) is 0 Å². The molecule has 0 amide bonds. The van der Waals surface area contributed by atoms with E-state index >= 15 is 0 Å². The summed E-state index contributed by atoms with van der Waals surface area (Å²) in [5, 5.41) is 0. The van der Waals surface area contributed by atoms with Gasteiger partial charge in [0.2, 0.25) is 0 Å². The molecule has 0 saturated heterocycles. The molecule has 1 saturated carbocycles. The van der Waals surface area contributed by atoms with E-state index in [9.17, 15) is 4.79 Å². The van der Waals surface area contributed by atoms with Crippen molar-refractivity contribution in [2.75, 3.05) is 0 Å². The fourth-order valence-corrected chi connectivity index (χ4v) is 1.67. The second-order valence-electron chi connectivity index (χ2n) is 3.86. The normalized spacial score (nSPS) is 15.8. The third-order valence-electron chi connectivity index (χ3n) is 2.60. The Morgan fingerprint density at radius 2 is 2.08 bits per heavy atom. The second-order valence-corrected chi connectivity index (χ2v) is 3.86. The molecule has 0 radical (unpaired) electrons. The molecule has 0 aromatic heterocycles. The zero-order valence-electron chi connectivity index (χ0n) is 7.92. The van der Waals surface area contributed by atoms with Gasteiger partial charge >= 0.3 is 0 Å². The van der Waals surface area contributed by atoms with Crippen LogP contribution in [0.4, 0.5) is 0 Å². The Kier molecular flexibility index (Phi) is 2.17. The van der Waals surface area contributed by atoms with Crippen LogP contribution < -0.4 is 0 Å². The third-order valence-corrected chi connectivity index (χ3v) is 2.60. The zero-order chi connectivity index (χ0) is 9.26. The van der Waals surface area contributed by atoms with E-state index in [1.807, 2.05) is 18.2 Å². The van der Waals surface area contributed by atoms with E-state index in [2.05, 4.69) is 6.07 Å². The van der Waals surface area contributed by atoms with Gasteiger partial charge in [0.15, 0.2) is 5.78 Å². The minimum atomic E-state index is 0.191. The maximum absolute atomic E-state index is 11.3. The first-order chi connectivity index (χ1) is 6.27. The highest BCUT2D eigenvalue weighted by Gasteiger charge is 2.22. The van der Waals surface area contributed by atoms with Crippen LogP contribution in [0.15, 0.2) is 24.3 Å². The van der Waals surface area contributed by atoms with E-state index in [1.165, 1.54) is 18.4 Å². The quantitative estimate of drug-likeness (QED) is 0.644. The first kappa shape index (κ1) is 8.49. The van der Waals surface area contributed by atoms with Crippen LogP contribution in [-0.4, -0.2) is 5.78 Å². The van der Waals surface area contributed by atoms with Crippen molar-refractivity contribution in [2.24, 2.45) is 5.92 Å². The average molecular weight is 174 g/mol. The molecule has 1 aromatic carbocycles. The number of hydrogen-bond donors (Lipinski definition) is 0. The van der Waals surface area contributed by atoms with E-state index in [0.717, 1.165) is 17.9 Å². The predicted molar refractivity (Wildman–Crippen MR) is 52.9 cm³/mol. The molecule has 13 heavy (non-hydrogen) atoms. The molecule has 0 heterocycles. The van der Waals surface area contributed by atoms with Crippen LogP contribution in [0.5, 0.6) is 0 Å². The Morgan fingerprint density at radius 1 is 1.38 bits per heavy atom. The van der Waals surface area contributed by atoms with Gasteiger partial charge in [-0.1, -0.05) is 24.3 Å². The highest BCUT2D eigenvalue weighted by atomic mass is 16.1. The summed E-state index contributed by atoms with van der Waals surface area (Å²) in [6.07, 6.45) is 3.77. The molecular formula is C12H14O. The number of hydrogen-bond acceptors (Lipinski definition) is 1. The Bertz CT molecular complexity index is 324. The minimum absolute atomic E-state index is 0.191. The van der Waals surface area contributed by atoms with Crippen LogP contribution in [0, 0.1) is 5.92 Å². The summed E-state index contributed by atoms with van der Waals surface area (Å²) in [7, 11) is 0. The molecule has 1 fully saturated rings. The molecule has 1 heteroatoms. The summed E-state index contributed by atoms with van der Waals surface area (Å²) in [6.45, 7) is 1.64. The lowest BCUT2D eigenvalue weighted by Gasteiger charge is -2.04. The molecule has 0 spiro atoms. The lowest BCUT2D eigenvalue weighted by molar-refractivity contribution is 0.101. The molecule has 0 N–H and O–H groups in total.